The van der Waals surface area contributed by atoms with Crippen LogP contribution in [0.25, 0.3) is 0 Å². The third kappa shape index (κ3) is 6.21. The number of morpholine rings is 1. The van der Waals surface area contributed by atoms with Crippen LogP contribution >= 0.6 is 0 Å². The Bertz CT molecular complexity index is 880. The summed E-state index contributed by atoms with van der Waals surface area (Å²) in [6.45, 7) is 0.228. The summed E-state index contributed by atoms with van der Waals surface area (Å²) in [6, 6.07) is 9.59. The zero-order chi connectivity index (χ0) is 23.4. The molecule has 32 heavy (non-hydrogen) atoms. The molecule has 1 atom stereocenters. The van der Waals surface area contributed by atoms with Crippen molar-refractivity contribution in [2.24, 2.45) is 0 Å². The molecular weight excluding hydrogens is 442 g/mol. The van der Waals surface area contributed by atoms with Crippen LogP contribution in [0, 0.1) is 0 Å². The second-order valence-corrected chi connectivity index (χ2v) is 7.06. The van der Waals surface area contributed by atoms with E-state index < -0.39 is 42.1 Å². The van der Waals surface area contributed by atoms with Gasteiger partial charge in [-0.05, 0) is 35.9 Å². The van der Waals surface area contributed by atoms with Crippen molar-refractivity contribution in [1.82, 2.24) is 5.32 Å². The van der Waals surface area contributed by atoms with Crippen LogP contribution in [0.2, 0.25) is 0 Å². The Morgan fingerprint density at radius 1 is 1.03 bits per heavy atom. The second kappa shape index (κ2) is 9.88. The van der Waals surface area contributed by atoms with Crippen molar-refractivity contribution in [3.8, 4) is 0 Å². The average Bonchev–Trinajstić information content (AvgIpc) is 2.76. The number of para-hydroxylation sites is 1. The van der Waals surface area contributed by atoms with Crippen LogP contribution in [-0.4, -0.2) is 38.4 Å². The lowest BCUT2D eigenvalue weighted by Crippen LogP contribution is -2.50. The van der Waals surface area contributed by atoms with E-state index in [9.17, 15) is 31.1 Å². The van der Waals surface area contributed by atoms with E-state index >= 15 is 0 Å². The van der Waals surface area contributed by atoms with Crippen molar-refractivity contribution in [1.29, 1.82) is 0 Å². The number of halogens is 6. The molecule has 0 aliphatic carbocycles. The van der Waals surface area contributed by atoms with Gasteiger partial charge in [-0.2, -0.15) is 26.3 Å². The number of rotatable bonds is 6. The Labute approximate surface area is 179 Å². The van der Waals surface area contributed by atoms with Gasteiger partial charge in [0.1, 0.15) is 12.8 Å². The van der Waals surface area contributed by atoms with E-state index in [2.05, 4.69) is 5.32 Å². The molecule has 1 aliphatic heterocycles. The number of nitrogens with one attached hydrogen (secondary N) is 1. The van der Waals surface area contributed by atoms with Gasteiger partial charge in [0.25, 0.3) is 5.91 Å². The molecule has 1 unspecified atom stereocenters. The first-order valence-electron chi connectivity index (χ1n) is 9.60. The number of ether oxygens (including phenoxy) is 2. The van der Waals surface area contributed by atoms with Crippen LogP contribution in [0.4, 0.5) is 32.0 Å². The molecule has 1 saturated heterocycles. The smallest absolute Gasteiger partial charge is 0.366 e. The normalized spacial score (nSPS) is 17.2. The number of hydrogen-bond acceptors (Lipinski definition) is 4. The molecule has 174 valence electrons. The zero-order valence-electron chi connectivity index (χ0n) is 16.7. The molecule has 0 aromatic heterocycles. The van der Waals surface area contributed by atoms with Crippen LogP contribution in [-0.2, 0) is 33.2 Å². The van der Waals surface area contributed by atoms with Gasteiger partial charge in [0.15, 0.2) is 0 Å². The van der Waals surface area contributed by atoms with Gasteiger partial charge in [-0.25, -0.2) is 0 Å². The Hall–Kier alpha value is -2.63. The summed E-state index contributed by atoms with van der Waals surface area (Å²) in [5, 5.41) is 3.02. The Morgan fingerprint density at radius 2 is 1.66 bits per heavy atom. The monoisotopic (exact) mass is 462 g/mol. The van der Waals surface area contributed by atoms with Gasteiger partial charge >= 0.3 is 12.4 Å². The standard InChI is InChI=1S/C21H20F6N2O3/c22-20(23,24)15-8-14(9-16(10-15)21(25,26)27)12-31-13-29(17-4-2-1-3-5-17)19(30)18-11-28-6-7-32-18/h1-5,8-10,18,28H,6-7,11-13H2. The zero-order valence-corrected chi connectivity index (χ0v) is 16.7. The SMILES string of the molecule is O=C(C1CNCCO1)N(COCc1cc(C(F)(F)F)cc(C(F)(F)F)c1)c1ccccc1. The molecule has 0 radical (unpaired) electrons. The first-order chi connectivity index (χ1) is 15.1. The van der Waals surface area contributed by atoms with E-state index in [0.717, 1.165) is 0 Å². The van der Waals surface area contributed by atoms with Gasteiger partial charge in [-0.15, -0.1) is 0 Å². The highest BCUT2D eigenvalue weighted by Gasteiger charge is 2.37. The number of anilines is 1. The first kappa shape index (κ1) is 24.0. The molecule has 1 amide bonds. The van der Waals surface area contributed by atoms with Crippen molar-refractivity contribution in [2.45, 2.75) is 25.1 Å². The molecule has 1 fully saturated rings. The fourth-order valence-electron chi connectivity index (χ4n) is 3.13. The number of hydrogen-bond donors (Lipinski definition) is 1. The average molecular weight is 462 g/mol. The number of nitrogens with zero attached hydrogens (tertiary/aromatic N) is 1. The predicted octanol–water partition coefficient (Wildman–Crippen LogP) is 4.22. The van der Waals surface area contributed by atoms with Gasteiger partial charge in [-0.1, -0.05) is 18.2 Å². The lowest BCUT2D eigenvalue weighted by molar-refractivity contribution is -0.143. The molecule has 0 saturated carbocycles. The van der Waals surface area contributed by atoms with Crippen molar-refractivity contribution in [3.63, 3.8) is 0 Å². The summed E-state index contributed by atoms with van der Waals surface area (Å²) in [4.78, 5) is 14.1. The molecule has 11 heteroatoms. The van der Waals surface area contributed by atoms with Gasteiger partial charge in [0.05, 0.1) is 24.3 Å². The molecular formula is C21H20F6N2O3. The largest absolute Gasteiger partial charge is 0.416 e. The van der Waals surface area contributed by atoms with E-state index in [1.54, 1.807) is 30.3 Å². The lowest BCUT2D eigenvalue weighted by atomic mass is 10.1. The molecule has 2 aromatic carbocycles. The fraction of sp³-hybridized carbons (Fsp3) is 0.381. The highest BCUT2D eigenvalue weighted by molar-refractivity contribution is 5.96. The van der Waals surface area contributed by atoms with Gasteiger partial charge in [-0.3, -0.25) is 9.69 Å². The number of amides is 1. The van der Waals surface area contributed by atoms with Crippen LogP contribution in [0.5, 0.6) is 0 Å². The summed E-state index contributed by atoms with van der Waals surface area (Å²) in [5.74, 6) is -0.441. The molecule has 1 heterocycles. The Kier molecular flexibility index (Phi) is 7.42. The van der Waals surface area contributed by atoms with Gasteiger partial charge in [0, 0.05) is 18.8 Å². The molecule has 3 rings (SSSR count). The van der Waals surface area contributed by atoms with Crippen molar-refractivity contribution in [3.05, 3.63) is 65.2 Å². The van der Waals surface area contributed by atoms with E-state index in [4.69, 9.17) is 9.47 Å². The van der Waals surface area contributed by atoms with Crippen molar-refractivity contribution < 1.29 is 40.6 Å². The topological polar surface area (TPSA) is 50.8 Å². The van der Waals surface area contributed by atoms with Crippen LogP contribution in [0.15, 0.2) is 48.5 Å². The van der Waals surface area contributed by atoms with Crippen LogP contribution < -0.4 is 10.2 Å². The molecule has 1 aliphatic rings. The molecule has 2 aromatic rings. The minimum absolute atomic E-state index is 0.0523. The maximum Gasteiger partial charge on any atom is 0.416 e. The van der Waals surface area contributed by atoms with Crippen LogP contribution in [0.1, 0.15) is 16.7 Å². The predicted molar refractivity (Wildman–Crippen MR) is 103 cm³/mol. The van der Waals surface area contributed by atoms with Crippen LogP contribution in [0.3, 0.4) is 0 Å². The quantitative estimate of drug-likeness (QED) is 0.516. The molecule has 0 bridgehead atoms. The second-order valence-electron chi connectivity index (χ2n) is 7.06. The molecule has 5 nitrogen and oxygen atoms in total. The van der Waals surface area contributed by atoms with Crippen molar-refractivity contribution >= 4 is 11.6 Å². The summed E-state index contributed by atoms with van der Waals surface area (Å²) < 4.78 is 89.1. The lowest BCUT2D eigenvalue weighted by Gasteiger charge is -2.29. The third-order valence-electron chi connectivity index (χ3n) is 4.67. The van der Waals surface area contributed by atoms with E-state index in [0.29, 0.717) is 31.0 Å². The Balaban J connectivity index is 1.77. The fourth-order valence-corrected chi connectivity index (χ4v) is 3.13. The minimum atomic E-state index is -4.95. The van der Waals surface area contributed by atoms with E-state index in [-0.39, 0.29) is 24.9 Å². The third-order valence-corrected chi connectivity index (χ3v) is 4.67. The molecule has 0 spiro atoms. The summed E-state index contributed by atoms with van der Waals surface area (Å²) >= 11 is 0. The number of alkyl halides is 6. The minimum Gasteiger partial charge on any atom is -0.366 e. The van der Waals surface area contributed by atoms with E-state index in [1.165, 1.54) is 4.90 Å². The van der Waals surface area contributed by atoms with E-state index in [1.807, 2.05) is 0 Å². The summed E-state index contributed by atoms with van der Waals surface area (Å²) in [7, 11) is 0. The number of carbonyl (C=O) groups excluding carboxylic acids is 1. The van der Waals surface area contributed by atoms with Gasteiger partial charge < -0.3 is 14.8 Å². The first-order valence-corrected chi connectivity index (χ1v) is 9.60. The highest BCUT2D eigenvalue weighted by atomic mass is 19.4. The maximum atomic E-state index is 13.0. The summed E-state index contributed by atoms with van der Waals surface area (Å²) in [6.07, 6.45) is -10.7. The highest BCUT2D eigenvalue weighted by Crippen LogP contribution is 2.36. The van der Waals surface area contributed by atoms with Crippen molar-refractivity contribution in [2.75, 3.05) is 31.3 Å². The van der Waals surface area contributed by atoms with Gasteiger partial charge in [0.2, 0.25) is 0 Å². The maximum absolute atomic E-state index is 13.0. The Morgan fingerprint density at radius 3 is 2.19 bits per heavy atom. The summed E-state index contributed by atoms with van der Waals surface area (Å²) in [5.41, 5.74) is -2.72. The number of benzene rings is 2. The number of carbonyl (C=O) groups is 1. The molecule has 1 N–H and O–H groups in total.